The molecule has 136 valence electrons. The quantitative estimate of drug-likeness (QED) is 0.811. The standard InChI is InChI=1S/2C9H8FNO2/c2*10-8-2-1-5(4-11-8)6-3-7(6)9(12)13/h2*1-2,4,6-7H,3H2,(H,12,13)/t2*6-,7+/m10/s1. The van der Waals surface area contributed by atoms with Crippen molar-refractivity contribution < 1.29 is 28.6 Å². The predicted octanol–water partition coefficient (Wildman–Crippen LogP) is 2.82. The number of pyridine rings is 2. The number of nitrogens with zero attached hydrogens (tertiary/aromatic N) is 2. The van der Waals surface area contributed by atoms with Crippen LogP contribution in [0.5, 0.6) is 0 Å². The Morgan fingerprint density at radius 3 is 1.42 bits per heavy atom. The lowest BCUT2D eigenvalue weighted by Gasteiger charge is -1.96. The lowest BCUT2D eigenvalue weighted by atomic mass is 10.1. The molecule has 0 unspecified atom stereocenters. The highest BCUT2D eigenvalue weighted by molar-refractivity contribution is 5.75. The minimum atomic E-state index is -0.783. The molecule has 4 atom stereocenters. The first-order valence-electron chi connectivity index (χ1n) is 8.05. The van der Waals surface area contributed by atoms with Crippen molar-refractivity contribution in [2.24, 2.45) is 11.8 Å². The Morgan fingerprint density at radius 2 is 1.19 bits per heavy atom. The van der Waals surface area contributed by atoms with Crippen molar-refractivity contribution in [3.05, 3.63) is 59.7 Å². The molecule has 2 fully saturated rings. The van der Waals surface area contributed by atoms with E-state index in [4.69, 9.17) is 10.2 Å². The van der Waals surface area contributed by atoms with Gasteiger partial charge in [0.1, 0.15) is 0 Å². The fourth-order valence-electron chi connectivity index (χ4n) is 2.89. The van der Waals surface area contributed by atoms with Gasteiger partial charge in [-0.15, -0.1) is 0 Å². The van der Waals surface area contributed by atoms with Crippen molar-refractivity contribution in [3.63, 3.8) is 0 Å². The van der Waals surface area contributed by atoms with E-state index in [0.29, 0.717) is 12.8 Å². The van der Waals surface area contributed by atoms with Crippen LogP contribution in [0, 0.1) is 23.7 Å². The number of carbonyl (C=O) groups is 2. The van der Waals surface area contributed by atoms with E-state index in [1.807, 2.05) is 0 Å². The highest BCUT2D eigenvalue weighted by Gasteiger charge is 2.44. The fraction of sp³-hybridized carbons (Fsp3) is 0.333. The third kappa shape index (κ3) is 4.19. The molecule has 6 nitrogen and oxygen atoms in total. The first kappa shape index (κ1) is 17.9. The molecule has 2 aromatic heterocycles. The van der Waals surface area contributed by atoms with Gasteiger partial charge in [-0.1, -0.05) is 12.1 Å². The number of rotatable bonds is 4. The van der Waals surface area contributed by atoms with E-state index in [0.717, 1.165) is 11.1 Å². The van der Waals surface area contributed by atoms with Crippen molar-refractivity contribution in [2.75, 3.05) is 0 Å². The fourth-order valence-corrected chi connectivity index (χ4v) is 2.89. The average Bonchev–Trinajstić information content (AvgIpc) is 3.49. The highest BCUT2D eigenvalue weighted by Crippen LogP contribution is 2.47. The summed E-state index contributed by atoms with van der Waals surface area (Å²) in [5.74, 6) is -3.16. The van der Waals surface area contributed by atoms with Crippen LogP contribution in [0.1, 0.15) is 35.8 Å². The minimum Gasteiger partial charge on any atom is -0.481 e. The van der Waals surface area contributed by atoms with E-state index in [1.54, 1.807) is 12.1 Å². The van der Waals surface area contributed by atoms with Gasteiger partial charge in [0.2, 0.25) is 11.9 Å². The summed E-state index contributed by atoms with van der Waals surface area (Å²) in [5.41, 5.74) is 1.63. The van der Waals surface area contributed by atoms with Gasteiger partial charge in [-0.05, 0) is 47.9 Å². The van der Waals surface area contributed by atoms with Crippen LogP contribution in [-0.2, 0) is 9.59 Å². The Morgan fingerprint density at radius 1 is 0.808 bits per heavy atom. The molecule has 0 aliphatic heterocycles. The number of aromatic nitrogens is 2. The molecule has 0 amide bonds. The molecule has 0 bridgehead atoms. The molecule has 2 N–H and O–H groups in total. The van der Waals surface area contributed by atoms with Gasteiger partial charge in [-0.2, -0.15) is 8.78 Å². The van der Waals surface area contributed by atoms with E-state index in [1.165, 1.54) is 24.5 Å². The molecule has 4 rings (SSSR count). The molecule has 2 saturated carbocycles. The van der Waals surface area contributed by atoms with Gasteiger partial charge in [0.05, 0.1) is 11.8 Å². The summed E-state index contributed by atoms with van der Waals surface area (Å²) >= 11 is 0. The molecule has 2 aliphatic rings. The predicted molar refractivity (Wildman–Crippen MR) is 85.4 cm³/mol. The second-order valence-electron chi connectivity index (χ2n) is 6.40. The summed E-state index contributed by atoms with van der Waals surface area (Å²) in [6.45, 7) is 0. The Labute approximate surface area is 147 Å². The van der Waals surface area contributed by atoms with Crippen molar-refractivity contribution in [3.8, 4) is 0 Å². The smallest absolute Gasteiger partial charge is 0.307 e. The van der Waals surface area contributed by atoms with Gasteiger partial charge < -0.3 is 10.2 Å². The van der Waals surface area contributed by atoms with E-state index < -0.39 is 23.8 Å². The second-order valence-corrected chi connectivity index (χ2v) is 6.40. The SMILES string of the molecule is O=C(O)[C@@H]1C[C@H]1c1ccc(F)nc1.O=C(O)[C@H]1C[C@@H]1c1ccc(F)nc1. The number of hydrogen-bond acceptors (Lipinski definition) is 4. The molecule has 0 saturated heterocycles. The van der Waals surface area contributed by atoms with Crippen molar-refractivity contribution >= 4 is 11.9 Å². The van der Waals surface area contributed by atoms with Gasteiger partial charge in [0, 0.05) is 12.4 Å². The maximum Gasteiger partial charge on any atom is 0.307 e. The molecular weight excluding hydrogens is 346 g/mol. The molecular formula is C18H16F2N2O4. The Bertz CT molecular complexity index is 741. The van der Waals surface area contributed by atoms with Crippen molar-refractivity contribution in [1.82, 2.24) is 9.97 Å². The molecule has 0 spiro atoms. The first-order valence-corrected chi connectivity index (χ1v) is 8.05. The summed E-state index contributed by atoms with van der Waals surface area (Å²) in [7, 11) is 0. The lowest BCUT2D eigenvalue weighted by molar-refractivity contribution is -0.139. The summed E-state index contributed by atoms with van der Waals surface area (Å²) in [4.78, 5) is 28.0. The Kier molecular flexibility index (Phi) is 4.92. The van der Waals surface area contributed by atoms with Crippen LogP contribution in [-0.4, -0.2) is 32.1 Å². The molecule has 2 aromatic rings. The van der Waals surface area contributed by atoms with Crippen LogP contribution in [0.3, 0.4) is 0 Å². The molecule has 0 aromatic carbocycles. The van der Waals surface area contributed by atoms with Gasteiger partial charge in [-0.25, -0.2) is 9.97 Å². The molecule has 2 heterocycles. The maximum atomic E-state index is 12.4. The zero-order valence-electron chi connectivity index (χ0n) is 13.5. The summed E-state index contributed by atoms with van der Waals surface area (Å²) in [5, 5.41) is 17.3. The highest BCUT2D eigenvalue weighted by atomic mass is 19.1. The maximum absolute atomic E-state index is 12.4. The molecule has 2 aliphatic carbocycles. The van der Waals surface area contributed by atoms with Gasteiger partial charge in [0.15, 0.2) is 0 Å². The third-order valence-corrected chi connectivity index (χ3v) is 4.57. The first-order chi connectivity index (χ1) is 12.4. The van der Waals surface area contributed by atoms with Crippen LogP contribution < -0.4 is 0 Å². The Balaban J connectivity index is 0.000000151. The van der Waals surface area contributed by atoms with Crippen LogP contribution in [0.4, 0.5) is 8.78 Å². The number of carboxylic acids is 2. The molecule has 8 heteroatoms. The summed E-state index contributed by atoms with van der Waals surface area (Å²) in [6, 6.07) is 5.70. The van der Waals surface area contributed by atoms with Crippen LogP contribution in [0.2, 0.25) is 0 Å². The summed E-state index contributed by atoms with van der Waals surface area (Å²) in [6.07, 6.45) is 4.09. The topological polar surface area (TPSA) is 100 Å². The van der Waals surface area contributed by atoms with Crippen molar-refractivity contribution in [2.45, 2.75) is 24.7 Å². The zero-order valence-corrected chi connectivity index (χ0v) is 13.5. The number of carboxylic acid groups (broad SMARTS) is 2. The number of halogens is 2. The van der Waals surface area contributed by atoms with Crippen LogP contribution in [0.25, 0.3) is 0 Å². The zero-order chi connectivity index (χ0) is 18.8. The molecule has 26 heavy (non-hydrogen) atoms. The monoisotopic (exact) mass is 362 g/mol. The van der Waals surface area contributed by atoms with Crippen molar-refractivity contribution in [1.29, 1.82) is 0 Å². The normalized spacial score (nSPS) is 25.6. The van der Waals surface area contributed by atoms with Crippen LogP contribution >= 0.6 is 0 Å². The van der Waals surface area contributed by atoms with E-state index in [2.05, 4.69) is 9.97 Å². The lowest BCUT2D eigenvalue weighted by Crippen LogP contribution is -1.99. The Hall–Kier alpha value is -2.90. The minimum absolute atomic E-state index is 0.0330. The van der Waals surface area contributed by atoms with E-state index in [-0.39, 0.29) is 23.7 Å². The van der Waals surface area contributed by atoms with E-state index in [9.17, 15) is 18.4 Å². The molecule has 0 radical (unpaired) electrons. The van der Waals surface area contributed by atoms with Gasteiger partial charge in [0.25, 0.3) is 0 Å². The third-order valence-electron chi connectivity index (χ3n) is 4.57. The van der Waals surface area contributed by atoms with E-state index >= 15 is 0 Å². The largest absolute Gasteiger partial charge is 0.481 e. The van der Waals surface area contributed by atoms with Gasteiger partial charge >= 0.3 is 11.9 Å². The second kappa shape index (κ2) is 7.15. The average molecular weight is 362 g/mol. The summed E-state index contributed by atoms with van der Waals surface area (Å²) < 4.78 is 24.8. The number of hydrogen-bond donors (Lipinski definition) is 2. The van der Waals surface area contributed by atoms with Crippen LogP contribution in [0.15, 0.2) is 36.7 Å². The number of aliphatic carboxylic acids is 2. The van der Waals surface area contributed by atoms with Gasteiger partial charge in [-0.3, -0.25) is 9.59 Å².